The van der Waals surface area contributed by atoms with E-state index in [1.807, 2.05) is 18.7 Å². The fourth-order valence-electron chi connectivity index (χ4n) is 3.12. The van der Waals surface area contributed by atoms with Gasteiger partial charge in [0.15, 0.2) is 0 Å². The summed E-state index contributed by atoms with van der Waals surface area (Å²) in [5.41, 5.74) is 4.81. The highest BCUT2D eigenvalue weighted by molar-refractivity contribution is 5.85. The fraction of sp³-hybridized carbons (Fsp3) is 0.867. The summed E-state index contributed by atoms with van der Waals surface area (Å²) in [6, 6.07) is 0. The Bertz CT molecular complexity index is 393. The van der Waals surface area contributed by atoms with Crippen LogP contribution in [-0.4, -0.2) is 66.4 Å². The summed E-state index contributed by atoms with van der Waals surface area (Å²) >= 11 is 0. The van der Waals surface area contributed by atoms with E-state index >= 15 is 0 Å². The number of nitrogens with zero attached hydrogens (tertiary/aromatic N) is 2. The average Bonchev–Trinajstić information content (AvgIpc) is 2.98. The molecule has 1 atom stereocenters. The van der Waals surface area contributed by atoms with E-state index < -0.39 is 5.54 Å². The zero-order chi connectivity index (χ0) is 15.5. The third kappa shape index (κ3) is 5.78. The van der Waals surface area contributed by atoms with Crippen LogP contribution in [0.15, 0.2) is 0 Å². The van der Waals surface area contributed by atoms with Gasteiger partial charge in [-0.25, -0.2) is 0 Å². The minimum atomic E-state index is -0.634. The van der Waals surface area contributed by atoms with Gasteiger partial charge in [0.25, 0.3) is 0 Å². The summed E-state index contributed by atoms with van der Waals surface area (Å²) in [6.07, 6.45) is 2.82. The summed E-state index contributed by atoms with van der Waals surface area (Å²) in [7, 11) is 0. The number of rotatable bonds is 5. The lowest BCUT2D eigenvalue weighted by molar-refractivity contribution is -0.136. The van der Waals surface area contributed by atoms with Crippen molar-refractivity contribution in [1.82, 2.24) is 15.1 Å². The van der Waals surface area contributed by atoms with Crippen molar-refractivity contribution in [2.75, 3.05) is 39.3 Å². The molecular formula is C15H30Cl2N4O2. The Balaban J connectivity index is 0.00000242. The maximum Gasteiger partial charge on any atom is 0.237 e. The first kappa shape index (κ1) is 22.4. The molecule has 0 saturated carbocycles. The maximum atomic E-state index is 12.2. The number of hydrogen-bond donors (Lipinski definition) is 2. The van der Waals surface area contributed by atoms with E-state index in [-0.39, 0.29) is 36.6 Å². The van der Waals surface area contributed by atoms with E-state index in [4.69, 9.17) is 5.73 Å². The molecular weight excluding hydrogens is 339 g/mol. The number of hydrogen-bond acceptors (Lipinski definition) is 4. The van der Waals surface area contributed by atoms with Crippen LogP contribution in [0, 0.1) is 5.92 Å². The van der Waals surface area contributed by atoms with Crippen LogP contribution in [0.4, 0.5) is 0 Å². The lowest BCUT2D eigenvalue weighted by atomic mass is 10.00. The molecule has 3 N–H and O–H groups in total. The molecule has 0 spiro atoms. The van der Waals surface area contributed by atoms with Crippen LogP contribution >= 0.6 is 24.8 Å². The van der Waals surface area contributed by atoms with Crippen LogP contribution < -0.4 is 11.1 Å². The molecule has 0 aromatic heterocycles. The first-order chi connectivity index (χ1) is 9.91. The van der Waals surface area contributed by atoms with Crippen LogP contribution in [0.25, 0.3) is 0 Å². The fourth-order valence-corrected chi connectivity index (χ4v) is 3.12. The zero-order valence-electron chi connectivity index (χ0n) is 14.0. The zero-order valence-corrected chi connectivity index (χ0v) is 15.7. The number of primary amides is 1. The number of piperazine rings is 1. The summed E-state index contributed by atoms with van der Waals surface area (Å²) in [5.74, 6) is 0.596. The minimum Gasteiger partial charge on any atom is -0.368 e. The summed E-state index contributed by atoms with van der Waals surface area (Å²) in [4.78, 5) is 27.7. The number of nitrogens with one attached hydrogen (secondary N) is 1. The molecule has 0 aliphatic carbocycles. The van der Waals surface area contributed by atoms with Crippen molar-refractivity contribution >= 4 is 36.6 Å². The largest absolute Gasteiger partial charge is 0.368 e. The van der Waals surface area contributed by atoms with Crippen molar-refractivity contribution in [3.8, 4) is 0 Å². The predicted molar refractivity (Wildman–Crippen MR) is 96.1 cm³/mol. The maximum absolute atomic E-state index is 12.2. The van der Waals surface area contributed by atoms with E-state index in [2.05, 4.69) is 10.2 Å². The number of carbonyl (C=O) groups is 2. The summed E-state index contributed by atoms with van der Waals surface area (Å²) in [6.45, 7) is 8.64. The normalized spacial score (nSPS) is 22.2. The molecule has 8 heteroatoms. The Hall–Kier alpha value is -0.560. The monoisotopic (exact) mass is 368 g/mol. The van der Waals surface area contributed by atoms with E-state index in [9.17, 15) is 9.59 Å². The number of nitrogens with two attached hydrogens (primary N) is 1. The summed E-state index contributed by atoms with van der Waals surface area (Å²) in [5, 5.41) is 3.33. The molecule has 6 nitrogen and oxygen atoms in total. The molecule has 23 heavy (non-hydrogen) atoms. The second kappa shape index (κ2) is 9.67. The average molecular weight is 369 g/mol. The molecule has 2 heterocycles. The number of amides is 2. The highest BCUT2D eigenvalue weighted by Crippen LogP contribution is 2.19. The van der Waals surface area contributed by atoms with Crippen molar-refractivity contribution < 1.29 is 9.59 Å². The molecule has 2 aliphatic heterocycles. The highest BCUT2D eigenvalue weighted by atomic mass is 35.5. The van der Waals surface area contributed by atoms with Crippen molar-refractivity contribution in [1.29, 1.82) is 0 Å². The molecule has 0 bridgehead atoms. The Kier molecular flexibility index (Phi) is 9.43. The molecule has 2 rings (SSSR count). The second-order valence-electron chi connectivity index (χ2n) is 6.69. The summed E-state index contributed by atoms with van der Waals surface area (Å²) < 4.78 is 0. The van der Waals surface area contributed by atoms with E-state index in [0.717, 1.165) is 19.5 Å². The van der Waals surface area contributed by atoms with Gasteiger partial charge in [-0.05, 0) is 45.7 Å². The van der Waals surface area contributed by atoms with E-state index in [1.54, 1.807) is 0 Å². The Morgan fingerprint density at radius 2 is 1.78 bits per heavy atom. The van der Waals surface area contributed by atoms with Crippen LogP contribution in [0.1, 0.15) is 33.1 Å². The molecule has 0 radical (unpaired) electrons. The van der Waals surface area contributed by atoms with Crippen molar-refractivity contribution in [2.45, 2.75) is 38.6 Å². The van der Waals surface area contributed by atoms with Gasteiger partial charge in [-0.3, -0.25) is 14.5 Å². The van der Waals surface area contributed by atoms with Crippen LogP contribution in [0.3, 0.4) is 0 Å². The molecule has 136 valence electrons. The van der Waals surface area contributed by atoms with Crippen LogP contribution in [0.2, 0.25) is 0 Å². The number of halogens is 2. The SMILES string of the molecule is CC(C)(C(N)=O)N1CCN(C(=O)CCC2CCNC2)CC1.Cl.Cl. The van der Waals surface area contributed by atoms with Gasteiger partial charge in [0.2, 0.25) is 11.8 Å². The Morgan fingerprint density at radius 3 is 2.26 bits per heavy atom. The first-order valence-electron chi connectivity index (χ1n) is 7.94. The lowest BCUT2D eigenvalue weighted by Gasteiger charge is -2.42. The molecule has 2 saturated heterocycles. The predicted octanol–water partition coefficient (Wildman–Crippen LogP) is 0.628. The quantitative estimate of drug-likeness (QED) is 0.745. The molecule has 2 amide bonds. The van der Waals surface area contributed by atoms with Gasteiger partial charge in [-0.15, -0.1) is 24.8 Å². The highest BCUT2D eigenvalue weighted by Gasteiger charge is 2.35. The van der Waals surface area contributed by atoms with Gasteiger partial charge >= 0.3 is 0 Å². The third-order valence-electron chi connectivity index (χ3n) is 4.95. The van der Waals surface area contributed by atoms with Crippen LogP contribution in [-0.2, 0) is 9.59 Å². The molecule has 1 unspecified atom stereocenters. The second-order valence-corrected chi connectivity index (χ2v) is 6.69. The standard InChI is InChI=1S/C15H28N4O2.2ClH/c1-15(2,14(16)21)19-9-7-18(8-10-19)13(20)4-3-12-5-6-17-11-12;;/h12,17H,3-11H2,1-2H3,(H2,16,21);2*1H. The van der Waals surface area contributed by atoms with Gasteiger partial charge in [0.05, 0.1) is 5.54 Å². The Morgan fingerprint density at radius 1 is 1.17 bits per heavy atom. The van der Waals surface area contributed by atoms with Gasteiger partial charge in [0, 0.05) is 32.6 Å². The molecule has 2 aliphatic rings. The third-order valence-corrected chi connectivity index (χ3v) is 4.95. The minimum absolute atomic E-state index is 0. The van der Waals surface area contributed by atoms with E-state index in [1.165, 1.54) is 6.42 Å². The van der Waals surface area contributed by atoms with Gasteiger partial charge in [0.1, 0.15) is 0 Å². The first-order valence-corrected chi connectivity index (χ1v) is 7.94. The van der Waals surface area contributed by atoms with Gasteiger partial charge < -0.3 is 16.0 Å². The number of carbonyl (C=O) groups excluding carboxylic acids is 2. The molecule has 0 aromatic carbocycles. The molecule has 2 fully saturated rings. The lowest BCUT2D eigenvalue weighted by Crippen LogP contribution is -2.60. The smallest absolute Gasteiger partial charge is 0.237 e. The van der Waals surface area contributed by atoms with Crippen molar-refractivity contribution in [2.24, 2.45) is 11.7 Å². The topological polar surface area (TPSA) is 78.7 Å². The van der Waals surface area contributed by atoms with Gasteiger partial charge in [-0.1, -0.05) is 0 Å². The van der Waals surface area contributed by atoms with Crippen LogP contribution in [0.5, 0.6) is 0 Å². The van der Waals surface area contributed by atoms with Crippen molar-refractivity contribution in [3.63, 3.8) is 0 Å². The van der Waals surface area contributed by atoms with Gasteiger partial charge in [-0.2, -0.15) is 0 Å². The Labute approximate surface area is 151 Å². The van der Waals surface area contributed by atoms with Crippen molar-refractivity contribution in [3.05, 3.63) is 0 Å². The molecule has 0 aromatic rings. The van der Waals surface area contributed by atoms with E-state index in [0.29, 0.717) is 38.5 Å².